The fourth-order valence-corrected chi connectivity index (χ4v) is 4.05. The Morgan fingerprint density at radius 3 is 2.38 bits per heavy atom. The molecular formula is C24H30O5. The summed E-state index contributed by atoms with van der Waals surface area (Å²) in [6.45, 7) is 2.45. The second kappa shape index (κ2) is 10.4. The molecule has 2 unspecified atom stereocenters. The van der Waals surface area contributed by atoms with Crippen molar-refractivity contribution in [3.63, 3.8) is 0 Å². The van der Waals surface area contributed by atoms with Crippen LogP contribution in [-0.4, -0.2) is 33.6 Å². The summed E-state index contributed by atoms with van der Waals surface area (Å²) < 4.78 is 21.5. The molecule has 1 aliphatic rings. The zero-order chi connectivity index (χ0) is 20.6. The average molecular weight is 398 g/mol. The third-order valence-electron chi connectivity index (χ3n) is 5.56. The third kappa shape index (κ3) is 5.17. The molecule has 0 amide bonds. The lowest BCUT2D eigenvalue weighted by Crippen LogP contribution is -2.19. The van der Waals surface area contributed by atoms with Crippen molar-refractivity contribution in [2.75, 3.05) is 27.8 Å². The number of ketones is 1. The maximum Gasteiger partial charge on any atom is 0.188 e. The van der Waals surface area contributed by atoms with E-state index in [1.54, 1.807) is 14.2 Å². The highest BCUT2D eigenvalue weighted by Crippen LogP contribution is 2.45. The molecule has 2 aromatic rings. The Hall–Kier alpha value is -2.37. The number of Topliss-reactive ketones (excluding diaryl/α,β-unsaturated/α-hetero) is 1. The van der Waals surface area contributed by atoms with Gasteiger partial charge in [-0.3, -0.25) is 4.79 Å². The van der Waals surface area contributed by atoms with Gasteiger partial charge in [0.15, 0.2) is 19.4 Å². The van der Waals surface area contributed by atoms with Crippen molar-refractivity contribution in [2.24, 2.45) is 5.92 Å². The third-order valence-corrected chi connectivity index (χ3v) is 5.56. The first-order valence-corrected chi connectivity index (χ1v) is 10.2. The maximum absolute atomic E-state index is 13.3. The molecule has 156 valence electrons. The molecule has 1 saturated carbocycles. The number of hydrogen-bond acceptors (Lipinski definition) is 5. The van der Waals surface area contributed by atoms with Gasteiger partial charge < -0.3 is 18.9 Å². The molecule has 0 N–H and O–H groups in total. The van der Waals surface area contributed by atoms with Crippen LogP contribution in [0.15, 0.2) is 42.5 Å². The van der Waals surface area contributed by atoms with Gasteiger partial charge >= 0.3 is 0 Å². The Balaban J connectivity index is 1.88. The fourth-order valence-electron chi connectivity index (χ4n) is 4.05. The first-order valence-electron chi connectivity index (χ1n) is 10.2. The topological polar surface area (TPSA) is 54.0 Å². The highest BCUT2D eigenvalue weighted by Gasteiger charge is 2.36. The van der Waals surface area contributed by atoms with Crippen molar-refractivity contribution >= 4 is 5.78 Å². The van der Waals surface area contributed by atoms with Crippen LogP contribution in [-0.2, 0) is 15.9 Å². The average Bonchev–Trinajstić information content (AvgIpc) is 3.25. The normalized spacial score (nSPS) is 18.6. The second-order valence-electron chi connectivity index (χ2n) is 7.36. The van der Waals surface area contributed by atoms with Gasteiger partial charge in [-0.05, 0) is 48.9 Å². The standard InChI is InChI=1S/C24H30O5/c1-4-17-8-10-18(11-9-17)24(25)21-7-5-6-20(21)22-14-19(28-15-26-2)12-13-23(22)29-16-27-3/h8-14,20-21H,4-7,15-16H2,1-3H3. The molecule has 0 radical (unpaired) electrons. The number of carbonyl (C=O) groups excluding carboxylic acids is 1. The van der Waals surface area contributed by atoms with E-state index in [4.69, 9.17) is 18.9 Å². The van der Waals surface area contributed by atoms with Crippen LogP contribution in [0.5, 0.6) is 11.5 Å². The van der Waals surface area contributed by atoms with E-state index in [1.807, 2.05) is 42.5 Å². The minimum absolute atomic E-state index is 0.0648. The number of ether oxygens (including phenoxy) is 4. The summed E-state index contributed by atoms with van der Waals surface area (Å²) in [5.74, 6) is 1.67. The first kappa shape index (κ1) is 21.3. The van der Waals surface area contributed by atoms with E-state index in [1.165, 1.54) is 5.56 Å². The van der Waals surface area contributed by atoms with E-state index < -0.39 is 0 Å². The van der Waals surface area contributed by atoms with Gasteiger partial charge in [0, 0.05) is 31.3 Å². The predicted octanol–water partition coefficient (Wildman–Crippen LogP) is 4.98. The van der Waals surface area contributed by atoms with Gasteiger partial charge in [-0.2, -0.15) is 0 Å². The molecule has 0 spiro atoms. The Labute approximate surface area is 172 Å². The predicted molar refractivity (Wildman–Crippen MR) is 112 cm³/mol. The molecule has 0 aromatic heterocycles. The number of aryl methyl sites for hydroxylation is 1. The van der Waals surface area contributed by atoms with Gasteiger partial charge in [0.2, 0.25) is 0 Å². The molecule has 0 bridgehead atoms. The molecular weight excluding hydrogens is 368 g/mol. The van der Waals surface area contributed by atoms with Crippen LogP contribution >= 0.6 is 0 Å². The van der Waals surface area contributed by atoms with Gasteiger partial charge in [0.25, 0.3) is 0 Å². The molecule has 2 atom stereocenters. The molecule has 5 heteroatoms. The second-order valence-corrected chi connectivity index (χ2v) is 7.36. The number of methoxy groups -OCH3 is 2. The van der Waals surface area contributed by atoms with Crippen molar-refractivity contribution in [1.82, 2.24) is 0 Å². The van der Waals surface area contributed by atoms with E-state index in [2.05, 4.69) is 6.92 Å². The smallest absolute Gasteiger partial charge is 0.188 e. The summed E-state index contributed by atoms with van der Waals surface area (Å²) in [7, 11) is 3.18. The number of rotatable bonds is 10. The Morgan fingerprint density at radius 1 is 0.966 bits per heavy atom. The van der Waals surface area contributed by atoms with Crippen molar-refractivity contribution < 1.29 is 23.7 Å². The fraction of sp³-hybridized carbons (Fsp3) is 0.458. The van der Waals surface area contributed by atoms with Gasteiger partial charge in [-0.15, -0.1) is 0 Å². The van der Waals surface area contributed by atoms with Crippen LogP contribution in [0.1, 0.15) is 53.6 Å². The van der Waals surface area contributed by atoms with E-state index in [-0.39, 0.29) is 31.2 Å². The number of carbonyl (C=O) groups is 1. The highest BCUT2D eigenvalue weighted by atomic mass is 16.7. The van der Waals surface area contributed by atoms with Gasteiger partial charge in [0.05, 0.1) is 0 Å². The maximum atomic E-state index is 13.3. The van der Waals surface area contributed by atoms with Gasteiger partial charge in [-0.25, -0.2) is 0 Å². The molecule has 2 aromatic carbocycles. The minimum atomic E-state index is -0.0648. The summed E-state index contributed by atoms with van der Waals surface area (Å²) in [5, 5.41) is 0. The Morgan fingerprint density at radius 2 is 1.69 bits per heavy atom. The van der Waals surface area contributed by atoms with Crippen molar-refractivity contribution in [1.29, 1.82) is 0 Å². The van der Waals surface area contributed by atoms with Crippen molar-refractivity contribution in [3.05, 3.63) is 59.2 Å². The molecule has 5 nitrogen and oxygen atoms in total. The van der Waals surface area contributed by atoms with Gasteiger partial charge in [-0.1, -0.05) is 37.6 Å². The largest absolute Gasteiger partial charge is 0.468 e. The zero-order valence-electron chi connectivity index (χ0n) is 17.5. The molecule has 3 rings (SSSR count). The molecule has 0 aliphatic heterocycles. The van der Waals surface area contributed by atoms with Crippen LogP contribution in [0, 0.1) is 5.92 Å². The summed E-state index contributed by atoms with van der Waals surface area (Å²) >= 11 is 0. The van der Waals surface area contributed by atoms with E-state index in [0.717, 1.165) is 42.6 Å². The Bertz CT molecular complexity index is 799. The van der Waals surface area contributed by atoms with Crippen LogP contribution in [0.2, 0.25) is 0 Å². The number of hydrogen-bond donors (Lipinski definition) is 0. The monoisotopic (exact) mass is 398 g/mol. The lowest BCUT2D eigenvalue weighted by molar-refractivity contribution is 0.0473. The van der Waals surface area contributed by atoms with Crippen LogP contribution < -0.4 is 9.47 Å². The summed E-state index contributed by atoms with van der Waals surface area (Å²) in [6.07, 6.45) is 3.81. The highest BCUT2D eigenvalue weighted by molar-refractivity contribution is 5.98. The molecule has 1 fully saturated rings. The van der Waals surface area contributed by atoms with Crippen molar-refractivity contribution in [3.8, 4) is 11.5 Å². The van der Waals surface area contributed by atoms with Gasteiger partial charge in [0.1, 0.15) is 11.5 Å². The number of benzene rings is 2. The molecule has 0 heterocycles. The summed E-state index contributed by atoms with van der Waals surface area (Å²) in [4.78, 5) is 13.3. The molecule has 29 heavy (non-hydrogen) atoms. The van der Waals surface area contributed by atoms with E-state index in [9.17, 15) is 4.79 Å². The van der Waals surface area contributed by atoms with E-state index >= 15 is 0 Å². The van der Waals surface area contributed by atoms with Crippen molar-refractivity contribution in [2.45, 2.75) is 38.5 Å². The SMILES string of the molecule is CCc1ccc(C(=O)C2CCCC2c2cc(OCOC)ccc2OCOC)cc1. The van der Waals surface area contributed by atoms with E-state index in [0.29, 0.717) is 5.75 Å². The zero-order valence-corrected chi connectivity index (χ0v) is 17.5. The van der Waals surface area contributed by atoms with Crippen LogP contribution in [0.4, 0.5) is 0 Å². The minimum Gasteiger partial charge on any atom is -0.468 e. The first-order chi connectivity index (χ1) is 14.2. The lowest BCUT2D eigenvalue weighted by Gasteiger charge is -2.23. The summed E-state index contributed by atoms with van der Waals surface area (Å²) in [6, 6.07) is 13.7. The van der Waals surface area contributed by atoms with Crippen LogP contribution in [0.25, 0.3) is 0 Å². The van der Waals surface area contributed by atoms with Crippen LogP contribution in [0.3, 0.4) is 0 Å². The molecule has 1 aliphatic carbocycles. The Kier molecular flexibility index (Phi) is 7.67. The summed E-state index contributed by atoms with van der Waals surface area (Å²) in [5.41, 5.74) is 3.02. The molecule has 0 saturated heterocycles. The lowest BCUT2D eigenvalue weighted by atomic mass is 9.83. The quantitative estimate of drug-likeness (QED) is 0.417.